The molecule has 1 amide bonds. The van der Waals surface area contributed by atoms with E-state index in [1.807, 2.05) is 0 Å². The standard InChI is InChI=1S/C17H32N2O.ClH/c1-12(2)15-8-6-13(3)11-16(15)19-17(20)9-7-14-5-4-10-18-14;/h12-16,18H,4-11H2,1-3H3,(H,19,20);1H. The van der Waals surface area contributed by atoms with E-state index in [-0.39, 0.29) is 18.3 Å². The minimum absolute atomic E-state index is 0. The van der Waals surface area contributed by atoms with Gasteiger partial charge in [0.05, 0.1) is 0 Å². The van der Waals surface area contributed by atoms with Crippen molar-refractivity contribution in [2.75, 3.05) is 6.54 Å². The van der Waals surface area contributed by atoms with Crippen LogP contribution in [0.1, 0.15) is 65.7 Å². The predicted molar refractivity (Wildman–Crippen MR) is 90.8 cm³/mol. The van der Waals surface area contributed by atoms with Crippen LogP contribution in [-0.4, -0.2) is 24.5 Å². The average molecular weight is 317 g/mol. The largest absolute Gasteiger partial charge is 0.353 e. The van der Waals surface area contributed by atoms with E-state index >= 15 is 0 Å². The number of rotatable bonds is 5. The maximum atomic E-state index is 12.2. The molecule has 1 saturated carbocycles. The lowest BCUT2D eigenvalue weighted by Gasteiger charge is -2.37. The van der Waals surface area contributed by atoms with Crippen molar-refractivity contribution >= 4 is 18.3 Å². The predicted octanol–water partition coefficient (Wildman–Crippen LogP) is 3.52. The van der Waals surface area contributed by atoms with Crippen molar-refractivity contribution in [1.82, 2.24) is 10.6 Å². The molecule has 3 nitrogen and oxygen atoms in total. The molecule has 0 radical (unpaired) electrons. The smallest absolute Gasteiger partial charge is 0.220 e. The Kier molecular flexibility index (Phi) is 8.04. The monoisotopic (exact) mass is 316 g/mol. The first-order valence-electron chi connectivity index (χ1n) is 8.59. The van der Waals surface area contributed by atoms with E-state index in [9.17, 15) is 4.79 Å². The van der Waals surface area contributed by atoms with Gasteiger partial charge in [-0.2, -0.15) is 0 Å². The van der Waals surface area contributed by atoms with Gasteiger partial charge in [0.1, 0.15) is 0 Å². The second-order valence-corrected chi connectivity index (χ2v) is 7.33. The van der Waals surface area contributed by atoms with E-state index in [0.29, 0.717) is 30.3 Å². The van der Waals surface area contributed by atoms with E-state index in [1.54, 1.807) is 0 Å². The molecule has 2 N–H and O–H groups in total. The molecule has 124 valence electrons. The Morgan fingerprint density at radius 1 is 1.29 bits per heavy atom. The molecule has 4 unspecified atom stereocenters. The summed E-state index contributed by atoms with van der Waals surface area (Å²) < 4.78 is 0. The van der Waals surface area contributed by atoms with Crippen molar-refractivity contribution < 1.29 is 4.79 Å². The molecule has 0 aromatic heterocycles. The maximum absolute atomic E-state index is 12.2. The highest BCUT2D eigenvalue weighted by Gasteiger charge is 2.31. The second-order valence-electron chi connectivity index (χ2n) is 7.33. The van der Waals surface area contributed by atoms with Gasteiger partial charge in [-0.3, -0.25) is 4.79 Å². The van der Waals surface area contributed by atoms with E-state index in [4.69, 9.17) is 0 Å². The molecule has 1 saturated heterocycles. The van der Waals surface area contributed by atoms with Gasteiger partial charge in [-0.15, -0.1) is 12.4 Å². The van der Waals surface area contributed by atoms with Crippen molar-refractivity contribution in [2.24, 2.45) is 17.8 Å². The molecule has 2 fully saturated rings. The van der Waals surface area contributed by atoms with Crippen LogP contribution in [0.25, 0.3) is 0 Å². The first kappa shape index (κ1) is 18.8. The number of carbonyl (C=O) groups excluding carboxylic acids is 1. The van der Waals surface area contributed by atoms with Gasteiger partial charge in [0.15, 0.2) is 0 Å². The Morgan fingerprint density at radius 2 is 2.05 bits per heavy atom. The fourth-order valence-electron chi connectivity index (χ4n) is 3.96. The number of amides is 1. The summed E-state index contributed by atoms with van der Waals surface area (Å²) in [5.74, 6) is 2.36. The summed E-state index contributed by atoms with van der Waals surface area (Å²) >= 11 is 0. The van der Waals surface area contributed by atoms with Crippen LogP contribution in [-0.2, 0) is 4.79 Å². The SMILES string of the molecule is CC1CCC(C(C)C)C(NC(=O)CCC2CCCN2)C1.Cl. The lowest BCUT2D eigenvalue weighted by Crippen LogP contribution is -2.45. The average Bonchev–Trinajstić information content (AvgIpc) is 2.89. The summed E-state index contributed by atoms with van der Waals surface area (Å²) in [5, 5.41) is 6.81. The topological polar surface area (TPSA) is 41.1 Å². The molecule has 0 aromatic carbocycles. The molecular formula is C17H33ClN2O. The fraction of sp³-hybridized carbons (Fsp3) is 0.941. The minimum Gasteiger partial charge on any atom is -0.353 e. The van der Waals surface area contributed by atoms with Crippen LogP contribution in [0, 0.1) is 17.8 Å². The van der Waals surface area contributed by atoms with Crippen LogP contribution in [0.3, 0.4) is 0 Å². The molecule has 0 bridgehead atoms. The molecule has 0 aromatic rings. The zero-order valence-corrected chi connectivity index (χ0v) is 14.7. The number of hydrogen-bond acceptors (Lipinski definition) is 2. The van der Waals surface area contributed by atoms with Crippen LogP contribution in [0.15, 0.2) is 0 Å². The molecule has 0 spiro atoms. The molecule has 1 aliphatic carbocycles. The minimum atomic E-state index is 0. The summed E-state index contributed by atoms with van der Waals surface area (Å²) in [6.45, 7) is 8.03. The van der Waals surface area contributed by atoms with Crippen molar-refractivity contribution in [3.8, 4) is 0 Å². The van der Waals surface area contributed by atoms with Crippen molar-refractivity contribution in [3.63, 3.8) is 0 Å². The molecule has 1 aliphatic heterocycles. The highest BCUT2D eigenvalue weighted by Crippen LogP contribution is 2.33. The third-order valence-corrected chi connectivity index (χ3v) is 5.25. The zero-order valence-electron chi connectivity index (χ0n) is 13.9. The van der Waals surface area contributed by atoms with E-state index in [1.165, 1.54) is 25.7 Å². The maximum Gasteiger partial charge on any atom is 0.220 e. The number of nitrogens with one attached hydrogen (secondary N) is 2. The highest BCUT2D eigenvalue weighted by atomic mass is 35.5. The lowest BCUT2D eigenvalue weighted by atomic mass is 9.74. The van der Waals surface area contributed by atoms with Crippen LogP contribution in [0.2, 0.25) is 0 Å². The van der Waals surface area contributed by atoms with Crippen LogP contribution in [0.5, 0.6) is 0 Å². The second kappa shape index (κ2) is 8.99. The normalized spacial score (nSPS) is 32.8. The number of halogens is 1. The molecule has 4 heteroatoms. The Bertz CT molecular complexity index is 316. The first-order chi connectivity index (χ1) is 9.56. The van der Waals surface area contributed by atoms with Crippen molar-refractivity contribution in [1.29, 1.82) is 0 Å². The van der Waals surface area contributed by atoms with Crippen molar-refractivity contribution in [2.45, 2.75) is 77.8 Å². The van der Waals surface area contributed by atoms with Crippen molar-refractivity contribution in [3.05, 3.63) is 0 Å². The van der Waals surface area contributed by atoms with Gasteiger partial charge in [-0.1, -0.05) is 27.2 Å². The van der Waals surface area contributed by atoms with E-state index in [2.05, 4.69) is 31.4 Å². The molecule has 4 atom stereocenters. The van der Waals surface area contributed by atoms with Gasteiger partial charge in [0.2, 0.25) is 5.91 Å². The summed E-state index contributed by atoms with van der Waals surface area (Å²) in [6, 6.07) is 0.981. The van der Waals surface area contributed by atoms with Gasteiger partial charge < -0.3 is 10.6 Å². The molecule has 2 aliphatic rings. The summed E-state index contributed by atoms with van der Waals surface area (Å²) in [7, 11) is 0. The third kappa shape index (κ3) is 5.78. The number of hydrogen-bond donors (Lipinski definition) is 2. The Labute approximate surface area is 136 Å². The first-order valence-corrected chi connectivity index (χ1v) is 8.59. The van der Waals surface area contributed by atoms with E-state index < -0.39 is 0 Å². The highest BCUT2D eigenvalue weighted by molar-refractivity contribution is 5.85. The van der Waals surface area contributed by atoms with Crippen LogP contribution < -0.4 is 10.6 Å². The summed E-state index contributed by atoms with van der Waals surface area (Å²) in [6.07, 6.45) is 7.95. The molecular weight excluding hydrogens is 284 g/mol. The molecule has 2 rings (SSSR count). The number of carbonyl (C=O) groups is 1. The zero-order chi connectivity index (χ0) is 14.5. The van der Waals surface area contributed by atoms with Gasteiger partial charge in [-0.25, -0.2) is 0 Å². The van der Waals surface area contributed by atoms with Gasteiger partial charge >= 0.3 is 0 Å². The van der Waals surface area contributed by atoms with Gasteiger partial charge in [0.25, 0.3) is 0 Å². The fourth-order valence-corrected chi connectivity index (χ4v) is 3.96. The lowest BCUT2D eigenvalue weighted by molar-refractivity contribution is -0.122. The van der Waals surface area contributed by atoms with E-state index in [0.717, 1.165) is 25.3 Å². The Hall–Kier alpha value is -0.280. The third-order valence-electron chi connectivity index (χ3n) is 5.25. The summed E-state index contributed by atoms with van der Waals surface area (Å²) in [4.78, 5) is 12.2. The van der Waals surface area contributed by atoms with Crippen LogP contribution >= 0.6 is 12.4 Å². The Morgan fingerprint density at radius 3 is 2.67 bits per heavy atom. The van der Waals surface area contributed by atoms with Gasteiger partial charge in [0, 0.05) is 18.5 Å². The summed E-state index contributed by atoms with van der Waals surface area (Å²) in [5.41, 5.74) is 0. The van der Waals surface area contributed by atoms with Gasteiger partial charge in [-0.05, 0) is 56.4 Å². The molecule has 21 heavy (non-hydrogen) atoms. The Balaban J connectivity index is 0.00000220. The molecule has 1 heterocycles. The van der Waals surface area contributed by atoms with Crippen LogP contribution in [0.4, 0.5) is 0 Å². The quantitative estimate of drug-likeness (QED) is 0.815.